The van der Waals surface area contributed by atoms with E-state index >= 15 is 0 Å². The highest BCUT2D eigenvalue weighted by Gasteiger charge is 2.26. The number of nitrogens with one attached hydrogen (secondary N) is 1. The molecule has 3 rings (SSSR count). The molecule has 1 aromatic heterocycles. The quantitative estimate of drug-likeness (QED) is 0.933. The summed E-state index contributed by atoms with van der Waals surface area (Å²) in [6.07, 6.45) is 1.67. The van der Waals surface area contributed by atoms with Crippen molar-refractivity contribution in [1.29, 1.82) is 0 Å². The van der Waals surface area contributed by atoms with Gasteiger partial charge in [-0.25, -0.2) is 9.37 Å². The molecule has 0 saturated carbocycles. The standard InChI is InChI=1S/C16H19FN4OS/c1-12(15(22)19-16-18-6-11-23-16)20-7-9-21(10-8-20)14-4-2-13(17)3-5-14/h2-6,11-12H,7-10H2,1H3,(H,18,19,22)/t12-/m0/s1. The van der Waals surface area contributed by atoms with Crippen LogP contribution in [0.25, 0.3) is 0 Å². The van der Waals surface area contributed by atoms with E-state index in [1.165, 1.54) is 23.5 Å². The third-order valence-corrected chi connectivity index (χ3v) is 4.78. The average molecular weight is 334 g/mol. The Labute approximate surface area is 138 Å². The van der Waals surface area contributed by atoms with Crippen molar-refractivity contribution in [2.45, 2.75) is 13.0 Å². The molecule has 7 heteroatoms. The van der Waals surface area contributed by atoms with Crippen LogP contribution in [0, 0.1) is 5.82 Å². The van der Waals surface area contributed by atoms with Crippen molar-refractivity contribution in [3.05, 3.63) is 41.7 Å². The van der Waals surface area contributed by atoms with Gasteiger partial charge in [0, 0.05) is 43.4 Å². The Balaban J connectivity index is 1.53. The zero-order valence-electron chi connectivity index (χ0n) is 12.9. The fourth-order valence-electron chi connectivity index (χ4n) is 2.68. The molecule has 1 aliphatic rings. The van der Waals surface area contributed by atoms with Gasteiger partial charge in [0.05, 0.1) is 6.04 Å². The van der Waals surface area contributed by atoms with Gasteiger partial charge in [-0.1, -0.05) is 0 Å². The van der Waals surface area contributed by atoms with Crippen LogP contribution in [-0.4, -0.2) is 48.0 Å². The number of carbonyl (C=O) groups excluding carboxylic acids is 1. The molecular weight excluding hydrogens is 315 g/mol. The predicted molar refractivity (Wildman–Crippen MR) is 90.4 cm³/mol. The number of hydrogen-bond acceptors (Lipinski definition) is 5. The van der Waals surface area contributed by atoms with Crippen LogP contribution in [0.3, 0.4) is 0 Å². The Morgan fingerprint density at radius 2 is 1.96 bits per heavy atom. The molecule has 1 fully saturated rings. The Bertz CT molecular complexity index is 639. The van der Waals surface area contributed by atoms with E-state index in [-0.39, 0.29) is 17.8 Å². The van der Waals surface area contributed by atoms with E-state index in [1.54, 1.807) is 18.3 Å². The zero-order chi connectivity index (χ0) is 16.2. The van der Waals surface area contributed by atoms with Gasteiger partial charge in [0.2, 0.25) is 5.91 Å². The van der Waals surface area contributed by atoms with Gasteiger partial charge >= 0.3 is 0 Å². The number of aromatic nitrogens is 1. The second-order valence-electron chi connectivity index (χ2n) is 5.50. The minimum absolute atomic E-state index is 0.0322. The van der Waals surface area contributed by atoms with Gasteiger partial charge in [-0.2, -0.15) is 0 Å². The van der Waals surface area contributed by atoms with Crippen LogP contribution in [0.5, 0.6) is 0 Å². The molecule has 0 bridgehead atoms. The molecule has 1 N–H and O–H groups in total. The van der Waals surface area contributed by atoms with Gasteiger partial charge in [-0.05, 0) is 31.2 Å². The third kappa shape index (κ3) is 3.86. The van der Waals surface area contributed by atoms with Crippen molar-refractivity contribution in [3.63, 3.8) is 0 Å². The normalized spacial score (nSPS) is 17.0. The van der Waals surface area contributed by atoms with Crippen LogP contribution < -0.4 is 10.2 Å². The largest absolute Gasteiger partial charge is 0.369 e. The number of amides is 1. The lowest BCUT2D eigenvalue weighted by atomic mass is 10.2. The van der Waals surface area contributed by atoms with Gasteiger partial charge in [-0.15, -0.1) is 11.3 Å². The lowest BCUT2D eigenvalue weighted by Crippen LogP contribution is -2.52. The van der Waals surface area contributed by atoms with Crippen molar-refractivity contribution in [3.8, 4) is 0 Å². The summed E-state index contributed by atoms with van der Waals surface area (Å²) in [5, 5.41) is 5.31. The smallest absolute Gasteiger partial charge is 0.243 e. The Kier molecular flexibility index (Phi) is 4.88. The lowest BCUT2D eigenvalue weighted by molar-refractivity contribution is -0.120. The van der Waals surface area contributed by atoms with Gasteiger partial charge < -0.3 is 10.2 Å². The number of carbonyl (C=O) groups is 1. The number of nitrogens with zero attached hydrogens (tertiary/aromatic N) is 3. The summed E-state index contributed by atoms with van der Waals surface area (Å²) in [4.78, 5) is 20.7. The van der Waals surface area contributed by atoms with Crippen molar-refractivity contribution >= 4 is 28.1 Å². The molecule has 5 nitrogen and oxygen atoms in total. The third-order valence-electron chi connectivity index (χ3n) is 4.10. The summed E-state index contributed by atoms with van der Waals surface area (Å²) in [7, 11) is 0. The van der Waals surface area contributed by atoms with Gasteiger partial charge in [0.15, 0.2) is 5.13 Å². The first-order valence-corrected chi connectivity index (χ1v) is 8.46. The van der Waals surface area contributed by atoms with E-state index in [1.807, 2.05) is 12.3 Å². The molecular formula is C16H19FN4OS. The number of hydrogen-bond donors (Lipinski definition) is 1. The monoisotopic (exact) mass is 334 g/mol. The van der Waals surface area contributed by atoms with Crippen LogP contribution in [-0.2, 0) is 4.79 Å². The van der Waals surface area contributed by atoms with Crippen LogP contribution in [0.15, 0.2) is 35.8 Å². The summed E-state index contributed by atoms with van der Waals surface area (Å²) in [6.45, 7) is 5.14. The molecule has 23 heavy (non-hydrogen) atoms. The van der Waals surface area contributed by atoms with E-state index in [9.17, 15) is 9.18 Å². The van der Waals surface area contributed by atoms with Gasteiger partial charge in [0.25, 0.3) is 0 Å². The first-order valence-electron chi connectivity index (χ1n) is 7.58. The highest BCUT2D eigenvalue weighted by atomic mass is 32.1. The molecule has 0 aliphatic carbocycles. The molecule has 0 unspecified atom stereocenters. The topological polar surface area (TPSA) is 48.5 Å². The molecule has 1 aliphatic heterocycles. The van der Waals surface area contributed by atoms with Crippen molar-refractivity contribution in [2.75, 3.05) is 36.4 Å². The van der Waals surface area contributed by atoms with E-state index in [0.717, 1.165) is 31.9 Å². The minimum atomic E-state index is -0.222. The Morgan fingerprint density at radius 1 is 1.26 bits per heavy atom. The molecule has 1 aromatic carbocycles. The molecule has 2 heterocycles. The maximum Gasteiger partial charge on any atom is 0.243 e. The predicted octanol–water partition coefficient (Wildman–Crippen LogP) is 2.43. The van der Waals surface area contributed by atoms with Crippen molar-refractivity contribution in [1.82, 2.24) is 9.88 Å². The molecule has 1 saturated heterocycles. The summed E-state index contributed by atoms with van der Waals surface area (Å²) in [6, 6.07) is 6.35. The molecule has 0 spiro atoms. The first-order chi connectivity index (χ1) is 11.1. The maximum absolute atomic E-state index is 13.0. The highest BCUT2D eigenvalue weighted by Crippen LogP contribution is 2.18. The summed E-state index contributed by atoms with van der Waals surface area (Å²) in [5.41, 5.74) is 1.02. The highest BCUT2D eigenvalue weighted by molar-refractivity contribution is 7.13. The lowest BCUT2D eigenvalue weighted by Gasteiger charge is -2.38. The Hall–Kier alpha value is -1.99. The number of rotatable bonds is 4. The summed E-state index contributed by atoms with van der Waals surface area (Å²) in [5.74, 6) is -0.255. The zero-order valence-corrected chi connectivity index (χ0v) is 13.7. The van der Waals surface area contributed by atoms with Crippen LogP contribution in [0.1, 0.15) is 6.92 Å². The number of benzene rings is 1. The summed E-state index contributed by atoms with van der Waals surface area (Å²) >= 11 is 1.41. The average Bonchev–Trinajstić information content (AvgIpc) is 3.08. The van der Waals surface area contributed by atoms with Crippen LogP contribution >= 0.6 is 11.3 Å². The van der Waals surface area contributed by atoms with Crippen molar-refractivity contribution in [2.24, 2.45) is 0 Å². The number of thiazole rings is 1. The van der Waals surface area contributed by atoms with Crippen LogP contribution in [0.2, 0.25) is 0 Å². The minimum Gasteiger partial charge on any atom is -0.369 e. The van der Waals surface area contributed by atoms with Gasteiger partial charge in [0.1, 0.15) is 5.82 Å². The molecule has 122 valence electrons. The number of halogens is 1. The molecule has 1 amide bonds. The number of anilines is 2. The first kappa shape index (κ1) is 15.9. The fraction of sp³-hybridized carbons (Fsp3) is 0.375. The summed E-state index contributed by atoms with van der Waals surface area (Å²) < 4.78 is 13.0. The molecule has 2 aromatic rings. The Morgan fingerprint density at radius 3 is 2.57 bits per heavy atom. The molecule has 0 radical (unpaired) electrons. The SMILES string of the molecule is C[C@@H](C(=O)Nc1nccs1)N1CCN(c2ccc(F)cc2)CC1. The van der Waals surface area contributed by atoms with Crippen molar-refractivity contribution < 1.29 is 9.18 Å². The van der Waals surface area contributed by atoms with E-state index < -0.39 is 0 Å². The second-order valence-corrected chi connectivity index (χ2v) is 6.40. The fourth-order valence-corrected chi connectivity index (χ4v) is 3.21. The number of piperazine rings is 1. The maximum atomic E-state index is 13.0. The van der Waals surface area contributed by atoms with E-state index in [2.05, 4.69) is 20.1 Å². The van der Waals surface area contributed by atoms with E-state index in [4.69, 9.17) is 0 Å². The van der Waals surface area contributed by atoms with Crippen LogP contribution in [0.4, 0.5) is 15.2 Å². The second kappa shape index (κ2) is 7.06. The van der Waals surface area contributed by atoms with Gasteiger partial charge in [-0.3, -0.25) is 9.69 Å². The van der Waals surface area contributed by atoms with E-state index in [0.29, 0.717) is 5.13 Å². The molecule has 1 atom stereocenters.